The highest BCUT2D eigenvalue weighted by Crippen LogP contribution is 2.23. The minimum atomic E-state index is 0.0867. The van der Waals surface area contributed by atoms with E-state index in [1.807, 2.05) is 16.8 Å². The van der Waals surface area contributed by atoms with Gasteiger partial charge in [-0.2, -0.15) is 0 Å². The Morgan fingerprint density at radius 1 is 0.781 bits per heavy atom. The van der Waals surface area contributed by atoms with E-state index in [1.54, 1.807) is 0 Å². The highest BCUT2D eigenvalue weighted by atomic mass is 16.1. The molecule has 5 rings (SSSR count). The van der Waals surface area contributed by atoms with Crippen molar-refractivity contribution in [1.82, 2.24) is 9.47 Å². The molecule has 1 fully saturated rings. The molecule has 0 N–H and O–H groups in total. The van der Waals surface area contributed by atoms with Gasteiger partial charge in [-0.15, -0.1) is 0 Å². The summed E-state index contributed by atoms with van der Waals surface area (Å²) in [5, 5.41) is 1.78. The first-order chi connectivity index (χ1) is 15.7. The Kier molecular flexibility index (Phi) is 5.91. The highest BCUT2D eigenvalue weighted by molar-refractivity contribution is 5.86. The second kappa shape index (κ2) is 9.13. The molecule has 3 heteroatoms. The molecule has 3 nitrogen and oxygen atoms in total. The summed E-state index contributed by atoms with van der Waals surface area (Å²) in [6, 6.07) is 25.6. The van der Waals surface area contributed by atoms with E-state index >= 15 is 0 Å². The van der Waals surface area contributed by atoms with Crippen LogP contribution in [0, 0.1) is 6.92 Å². The van der Waals surface area contributed by atoms with Gasteiger partial charge in [0.05, 0.1) is 0 Å². The molecule has 0 bridgehead atoms. The predicted octanol–water partition coefficient (Wildman–Crippen LogP) is 5.82. The maximum Gasteiger partial charge on any atom is 0.258 e. The average molecular weight is 423 g/mol. The van der Waals surface area contributed by atoms with E-state index in [9.17, 15) is 4.79 Å². The molecule has 32 heavy (non-hydrogen) atoms. The topological polar surface area (TPSA) is 25.2 Å². The van der Waals surface area contributed by atoms with E-state index in [4.69, 9.17) is 0 Å². The maximum atomic E-state index is 13.0. The van der Waals surface area contributed by atoms with Crippen molar-refractivity contribution in [2.24, 2.45) is 0 Å². The minimum absolute atomic E-state index is 0.0867. The molecule has 1 aliphatic heterocycles. The summed E-state index contributed by atoms with van der Waals surface area (Å²) in [5.74, 6) is 0. The molecule has 2 heterocycles. The Balaban J connectivity index is 1.29. The lowest BCUT2D eigenvalue weighted by molar-refractivity contribution is 0.331. The second-order valence-corrected chi connectivity index (χ2v) is 9.03. The number of aromatic nitrogens is 1. The summed E-state index contributed by atoms with van der Waals surface area (Å²) in [7, 11) is 0. The number of rotatable bonds is 6. The van der Waals surface area contributed by atoms with Crippen molar-refractivity contribution in [3.05, 3.63) is 106 Å². The third-order valence-corrected chi connectivity index (χ3v) is 6.63. The van der Waals surface area contributed by atoms with Crippen LogP contribution in [0.25, 0.3) is 21.9 Å². The SMILES string of the molecule is Cc1ccc(-c2ccc3c(=O)n(CCc4ccc(CN5CCCC5)cc4)ccc3c2)cc1. The van der Waals surface area contributed by atoms with Crippen molar-refractivity contribution in [2.45, 2.75) is 39.3 Å². The van der Waals surface area contributed by atoms with Crippen LogP contribution in [0.1, 0.15) is 29.5 Å². The molecule has 1 saturated heterocycles. The van der Waals surface area contributed by atoms with E-state index in [0.717, 1.165) is 29.3 Å². The first-order valence-electron chi connectivity index (χ1n) is 11.7. The van der Waals surface area contributed by atoms with Gasteiger partial charge < -0.3 is 4.57 Å². The third-order valence-electron chi connectivity index (χ3n) is 6.63. The van der Waals surface area contributed by atoms with Gasteiger partial charge in [-0.3, -0.25) is 9.69 Å². The minimum Gasteiger partial charge on any atom is -0.315 e. The monoisotopic (exact) mass is 422 g/mol. The summed E-state index contributed by atoms with van der Waals surface area (Å²) < 4.78 is 1.84. The summed E-state index contributed by atoms with van der Waals surface area (Å²) >= 11 is 0. The Hall–Kier alpha value is -3.17. The molecular formula is C29H30N2O. The fraction of sp³-hybridized carbons (Fsp3) is 0.276. The van der Waals surface area contributed by atoms with Crippen LogP contribution in [0.2, 0.25) is 0 Å². The second-order valence-electron chi connectivity index (χ2n) is 9.03. The van der Waals surface area contributed by atoms with Crippen molar-refractivity contribution >= 4 is 10.8 Å². The van der Waals surface area contributed by atoms with Crippen molar-refractivity contribution in [1.29, 1.82) is 0 Å². The van der Waals surface area contributed by atoms with Gasteiger partial charge >= 0.3 is 0 Å². The van der Waals surface area contributed by atoms with E-state index in [2.05, 4.69) is 78.6 Å². The Labute approximate surface area is 189 Å². The van der Waals surface area contributed by atoms with Crippen LogP contribution in [0.4, 0.5) is 0 Å². The van der Waals surface area contributed by atoms with Crippen LogP contribution in [-0.4, -0.2) is 22.6 Å². The number of fused-ring (bicyclic) bond motifs is 1. The third kappa shape index (κ3) is 4.53. The molecule has 4 aromatic rings. The van der Waals surface area contributed by atoms with Crippen LogP contribution in [0.3, 0.4) is 0 Å². The van der Waals surface area contributed by atoms with Gasteiger partial charge in [0.1, 0.15) is 0 Å². The molecule has 0 atom stereocenters. The van der Waals surface area contributed by atoms with Crippen molar-refractivity contribution in [3.63, 3.8) is 0 Å². The van der Waals surface area contributed by atoms with Crippen LogP contribution in [-0.2, 0) is 19.5 Å². The predicted molar refractivity (Wildman–Crippen MR) is 133 cm³/mol. The Morgan fingerprint density at radius 3 is 2.22 bits per heavy atom. The summed E-state index contributed by atoms with van der Waals surface area (Å²) in [6.07, 6.45) is 5.44. The lowest BCUT2D eigenvalue weighted by atomic mass is 10.0. The molecule has 0 saturated carbocycles. The van der Waals surface area contributed by atoms with Crippen LogP contribution in [0.15, 0.2) is 83.8 Å². The summed E-state index contributed by atoms with van der Waals surface area (Å²) in [6.45, 7) is 6.28. The molecule has 0 unspecified atom stereocenters. The standard InChI is InChI=1S/C29H30N2O/c1-22-4-10-25(11-5-22)26-12-13-28-27(20-26)15-19-31(29(28)32)18-14-23-6-8-24(9-7-23)21-30-16-2-3-17-30/h4-13,15,19-20H,2-3,14,16-18,21H2,1H3. The smallest absolute Gasteiger partial charge is 0.258 e. The zero-order chi connectivity index (χ0) is 21.9. The summed E-state index contributed by atoms with van der Waals surface area (Å²) in [5.41, 5.74) is 6.31. The number of benzene rings is 3. The lowest BCUT2D eigenvalue weighted by Crippen LogP contribution is -2.20. The van der Waals surface area contributed by atoms with Gasteiger partial charge in [0.25, 0.3) is 5.56 Å². The van der Waals surface area contributed by atoms with E-state index in [0.29, 0.717) is 6.54 Å². The number of pyridine rings is 1. The maximum absolute atomic E-state index is 13.0. The number of nitrogens with zero attached hydrogens (tertiary/aromatic N) is 2. The number of likely N-dealkylation sites (tertiary alicyclic amines) is 1. The van der Waals surface area contributed by atoms with Gasteiger partial charge in [-0.1, -0.05) is 60.2 Å². The molecule has 3 aromatic carbocycles. The molecular weight excluding hydrogens is 392 g/mol. The van der Waals surface area contributed by atoms with Gasteiger partial charge in [0.2, 0.25) is 0 Å². The largest absolute Gasteiger partial charge is 0.315 e. The fourth-order valence-corrected chi connectivity index (χ4v) is 4.65. The first-order valence-corrected chi connectivity index (χ1v) is 11.7. The molecule has 162 valence electrons. The summed E-state index contributed by atoms with van der Waals surface area (Å²) in [4.78, 5) is 15.6. The van der Waals surface area contributed by atoms with Crippen LogP contribution < -0.4 is 5.56 Å². The quantitative estimate of drug-likeness (QED) is 0.391. The molecule has 1 aromatic heterocycles. The van der Waals surface area contributed by atoms with Crippen LogP contribution in [0.5, 0.6) is 0 Å². The normalized spacial score (nSPS) is 14.3. The molecule has 1 aliphatic rings. The zero-order valence-electron chi connectivity index (χ0n) is 18.8. The van der Waals surface area contributed by atoms with Gasteiger partial charge in [0.15, 0.2) is 0 Å². The number of hydrogen-bond acceptors (Lipinski definition) is 2. The molecule has 0 spiro atoms. The average Bonchev–Trinajstić information content (AvgIpc) is 3.33. The van der Waals surface area contributed by atoms with Crippen molar-refractivity contribution in [3.8, 4) is 11.1 Å². The molecule has 0 radical (unpaired) electrons. The van der Waals surface area contributed by atoms with Gasteiger partial charge in [0, 0.05) is 24.7 Å². The van der Waals surface area contributed by atoms with E-state index in [-0.39, 0.29) is 5.56 Å². The lowest BCUT2D eigenvalue weighted by Gasteiger charge is -2.14. The van der Waals surface area contributed by atoms with Gasteiger partial charge in [-0.25, -0.2) is 0 Å². The van der Waals surface area contributed by atoms with Gasteiger partial charge in [-0.05, 0) is 85.1 Å². The fourth-order valence-electron chi connectivity index (χ4n) is 4.65. The zero-order valence-corrected chi connectivity index (χ0v) is 18.8. The van der Waals surface area contributed by atoms with E-state index in [1.165, 1.54) is 48.2 Å². The van der Waals surface area contributed by atoms with Crippen LogP contribution >= 0.6 is 0 Å². The molecule has 0 aliphatic carbocycles. The Bertz CT molecular complexity index is 1260. The number of aryl methyl sites for hydroxylation is 3. The number of hydrogen-bond donors (Lipinski definition) is 0. The first kappa shape index (κ1) is 20.7. The Morgan fingerprint density at radius 2 is 1.47 bits per heavy atom. The van der Waals surface area contributed by atoms with E-state index < -0.39 is 0 Å². The van der Waals surface area contributed by atoms with Crippen molar-refractivity contribution < 1.29 is 0 Å². The van der Waals surface area contributed by atoms with Crippen molar-refractivity contribution in [2.75, 3.05) is 13.1 Å². The molecule has 0 amide bonds. The highest BCUT2D eigenvalue weighted by Gasteiger charge is 2.11.